The van der Waals surface area contributed by atoms with E-state index in [2.05, 4.69) is 15.6 Å². The van der Waals surface area contributed by atoms with E-state index >= 15 is 0 Å². The molecular formula is C19H20N4O2. The zero-order valence-electron chi connectivity index (χ0n) is 14.1. The van der Waals surface area contributed by atoms with Gasteiger partial charge in [0, 0.05) is 19.5 Å². The minimum absolute atomic E-state index is 0.0395. The molecule has 3 rings (SSSR count). The number of nitrogens with zero attached hydrogens (tertiary/aromatic N) is 3. The van der Waals surface area contributed by atoms with Crippen molar-refractivity contribution in [1.82, 2.24) is 20.3 Å². The second-order valence-electron chi connectivity index (χ2n) is 6.00. The summed E-state index contributed by atoms with van der Waals surface area (Å²) in [6.07, 6.45) is 0.874. The maximum absolute atomic E-state index is 12.3. The first-order chi connectivity index (χ1) is 12.1. The summed E-state index contributed by atoms with van der Waals surface area (Å²) in [6.45, 7) is 2.91. The van der Waals surface area contributed by atoms with Crippen LogP contribution in [0, 0.1) is 6.92 Å². The molecule has 1 aromatic heterocycles. The van der Waals surface area contributed by atoms with Gasteiger partial charge in [-0.05, 0) is 31.0 Å². The summed E-state index contributed by atoms with van der Waals surface area (Å²) >= 11 is 0. The third-order valence-corrected chi connectivity index (χ3v) is 4.01. The zero-order chi connectivity index (χ0) is 17.6. The van der Waals surface area contributed by atoms with E-state index in [1.807, 2.05) is 37.3 Å². The van der Waals surface area contributed by atoms with Gasteiger partial charge in [0.15, 0.2) is 0 Å². The number of hydrogen-bond donors (Lipinski definition) is 1. The molecule has 0 spiro atoms. The van der Waals surface area contributed by atoms with Crippen LogP contribution >= 0.6 is 0 Å². The monoisotopic (exact) mass is 336 g/mol. The number of fused-ring (bicyclic) bond motifs is 1. The lowest BCUT2D eigenvalue weighted by Crippen LogP contribution is -2.26. The molecule has 6 nitrogen and oxygen atoms in total. The Labute approximate surface area is 145 Å². The molecule has 0 aliphatic rings. The van der Waals surface area contributed by atoms with Crippen LogP contribution in [-0.2, 0) is 17.9 Å². The van der Waals surface area contributed by atoms with E-state index in [1.54, 1.807) is 18.2 Å². The fourth-order valence-electron chi connectivity index (χ4n) is 2.55. The molecule has 1 N–H and O–H groups in total. The molecule has 0 aliphatic carbocycles. The van der Waals surface area contributed by atoms with Crippen LogP contribution in [0.4, 0.5) is 0 Å². The highest BCUT2D eigenvalue weighted by atomic mass is 16.1. The van der Waals surface area contributed by atoms with E-state index in [0.29, 0.717) is 36.8 Å². The minimum atomic E-state index is -0.175. The van der Waals surface area contributed by atoms with Crippen molar-refractivity contribution in [3.63, 3.8) is 0 Å². The number of aromatic nitrogens is 3. The molecule has 0 bridgehead atoms. The number of hydrogen-bond acceptors (Lipinski definition) is 4. The number of aryl methyl sites for hydroxylation is 2. The number of carbonyl (C=O) groups excluding carboxylic acids is 1. The van der Waals surface area contributed by atoms with Gasteiger partial charge in [-0.1, -0.05) is 47.2 Å². The maximum Gasteiger partial charge on any atom is 0.277 e. The Morgan fingerprint density at radius 1 is 1.12 bits per heavy atom. The van der Waals surface area contributed by atoms with Crippen LogP contribution in [0.5, 0.6) is 0 Å². The second kappa shape index (κ2) is 7.70. The largest absolute Gasteiger partial charge is 0.352 e. The first kappa shape index (κ1) is 16.8. The van der Waals surface area contributed by atoms with Gasteiger partial charge in [0.2, 0.25) is 5.91 Å². The van der Waals surface area contributed by atoms with E-state index in [0.717, 1.165) is 5.56 Å². The number of benzene rings is 2. The fraction of sp³-hybridized carbons (Fsp3) is 0.263. The van der Waals surface area contributed by atoms with Gasteiger partial charge < -0.3 is 5.32 Å². The van der Waals surface area contributed by atoms with Crippen molar-refractivity contribution in [1.29, 1.82) is 0 Å². The molecular weight excluding hydrogens is 316 g/mol. The van der Waals surface area contributed by atoms with Crippen molar-refractivity contribution in [3.05, 3.63) is 70.0 Å². The summed E-state index contributed by atoms with van der Waals surface area (Å²) in [5, 5.41) is 11.4. The lowest BCUT2D eigenvalue weighted by Gasteiger charge is -2.07. The Bertz CT molecular complexity index is 932. The molecule has 128 valence electrons. The van der Waals surface area contributed by atoms with E-state index in [9.17, 15) is 9.59 Å². The molecule has 3 aromatic rings. The molecule has 0 aliphatic heterocycles. The lowest BCUT2D eigenvalue weighted by atomic mass is 10.1. The van der Waals surface area contributed by atoms with Gasteiger partial charge in [0.1, 0.15) is 5.52 Å². The molecule has 6 heteroatoms. The highest BCUT2D eigenvalue weighted by Crippen LogP contribution is 2.05. The number of carbonyl (C=O) groups is 1. The van der Waals surface area contributed by atoms with Crippen molar-refractivity contribution in [3.8, 4) is 0 Å². The molecule has 2 aromatic carbocycles. The molecule has 0 saturated heterocycles. The smallest absolute Gasteiger partial charge is 0.277 e. The quantitative estimate of drug-likeness (QED) is 0.748. The highest BCUT2D eigenvalue weighted by Gasteiger charge is 2.06. The Morgan fingerprint density at radius 2 is 1.88 bits per heavy atom. The Kier molecular flexibility index (Phi) is 5.18. The fourth-order valence-corrected chi connectivity index (χ4v) is 2.55. The Hall–Kier alpha value is -3.02. The van der Waals surface area contributed by atoms with Crippen LogP contribution in [-0.4, -0.2) is 20.9 Å². The normalized spacial score (nSPS) is 10.8. The van der Waals surface area contributed by atoms with Crippen LogP contribution in [0.1, 0.15) is 24.0 Å². The highest BCUT2D eigenvalue weighted by molar-refractivity contribution is 5.76. The van der Waals surface area contributed by atoms with Gasteiger partial charge in [-0.15, -0.1) is 5.10 Å². The van der Waals surface area contributed by atoms with Crippen molar-refractivity contribution in [2.24, 2.45) is 0 Å². The number of nitrogens with one attached hydrogen (secondary N) is 1. The summed E-state index contributed by atoms with van der Waals surface area (Å²) < 4.78 is 1.32. The van der Waals surface area contributed by atoms with Crippen molar-refractivity contribution in [2.45, 2.75) is 32.9 Å². The predicted molar refractivity (Wildman–Crippen MR) is 96.1 cm³/mol. The molecule has 25 heavy (non-hydrogen) atoms. The van der Waals surface area contributed by atoms with Gasteiger partial charge >= 0.3 is 0 Å². The number of amides is 1. The van der Waals surface area contributed by atoms with Gasteiger partial charge in [0.25, 0.3) is 5.56 Å². The third-order valence-electron chi connectivity index (χ3n) is 4.01. The van der Waals surface area contributed by atoms with E-state index in [-0.39, 0.29) is 11.5 Å². The van der Waals surface area contributed by atoms with E-state index in [4.69, 9.17) is 0 Å². The average Bonchev–Trinajstić information content (AvgIpc) is 2.63. The second-order valence-corrected chi connectivity index (χ2v) is 6.00. The third kappa shape index (κ3) is 4.29. The van der Waals surface area contributed by atoms with Crippen molar-refractivity contribution < 1.29 is 4.79 Å². The minimum Gasteiger partial charge on any atom is -0.352 e. The molecule has 1 amide bonds. The first-order valence-electron chi connectivity index (χ1n) is 8.28. The maximum atomic E-state index is 12.3. The summed E-state index contributed by atoms with van der Waals surface area (Å²) in [7, 11) is 0. The predicted octanol–water partition coefficient (Wildman–Crippen LogP) is 2.20. The summed E-state index contributed by atoms with van der Waals surface area (Å²) in [5.41, 5.74) is 2.66. The van der Waals surface area contributed by atoms with Crippen LogP contribution in [0.15, 0.2) is 53.3 Å². The van der Waals surface area contributed by atoms with Crippen LogP contribution in [0.3, 0.4) is 0 Å². The zero-order valence-corrected chi connectivity index (χ0v) is 14.1. The SMILES string of the molecule is Cc1ccc(CNC(=O)CCCn2nnc3ccccc3c2=O)cc1. The van der Waals surface area contributed by atoms with Gasteiger partial charge in [-0.2, -0.15) is 0 Å². The van der Waals surface area contributed by atoms with Crippen molar-refractivity contribution in [2.75, 3.05) is 0 Å². The van der Waals surface area contributed by atoms with Crippen LogP contribution in [0.2, 0.25) is 0 Å². The molecule has 0 atom stereocenters. The summed E-state index contributed by atoms with van der Waals surface area (Å²) in [4.78, 5) is 24.2. The first-order valence-corrected chi connectivity index (χ1v) is 8.28. The lowest BCUT2D eigenvalue weighted by molar-refractivity contribution is -0.121. The van der Waals surface area contributed by atoms with Crippen LogP contribution in [0.25, 0.3) is 10.9 Å². The molecule has 0 radical (unpaired) electrons. The van der Waals surface area contributed by atoms with Gasteiger partial charge in [-0.25, -0.2) is 4.68 Å². The van der Waals surface area contributed by atoms with Gasteiger partial charge in [0.05, 0.1) is 5.39 Å². The average molecular weight is 336 g/mol. The standard InChI is InChI=1S/C19H20N4O2/c1-14-8-10-15(11-9-14)13-20-18(24)7-4-12-23-19(25)16-5-2-3-6-17(16)21-22-23/h2-3,5-6,8-11H,4,7,12-13H2,1H3,(H,20,24). The van der Waals surface area contributed by atoms with E-state index < -0.39 is 0 Å². The molecule has 0 unspecified atom stereocenters. The summed E-state index contributed by atoms with van der Waals surface area (Å²) in [6, 6.07) is 15.1. The summed E-state index contributed by atoms with van der Waals surface area (Å²) in [5.74, 6) is -0.0395. The topological polar surface area (TPSA) is 76.9 Å². The number of rotatable bonds is 6. The molecule has 0 saturated carbocycles. The van der Waals surface area contributed by atoms with Gasteiger partial charge in [-0.3, -0.25) is 9.59 Å². The van der Waals surface area contributed by atoms with Crippen molar-refractivity contribution >= 4 is 16.8 Å². The molecule has 1 heterocycles. The van der Waals surface area contributed by atoms with Crippen LogP contribution < -0.4 is 10.9 Å². The molecule has 0 fully saturated rings. The van der Waals surface area contributed by atoms with E-state index in [1.165, 1.54) is 10.2 Å². The Balaban J connectivity index is 1.51. The Morgan fingerprint density at radius 3 is 2.68 bits per heavy atom.